The Morgan fingerprint density at radius 3 is 2.37 bits per heavy atom. The molecule has 2 aliphatic rings. The highest BCUT2D eigenvalue weighted by molar-refractivity contribution is 5.83. The van der Waals surface area contributed by atoms with Gasteiger partial charge >= 0.3 is 0 Å². The lowest BCUT2D eigenvalue weighted by Crippen LogP contribution is -2.61. The largest absolute Gasteiger partial charge is 0.339 e. The third-order valence-corrected chi connectivity index (χ3v) is 5.29. The molecule has 0 aromatic rings. The minimum atomic E-state index is -0.1000. The summed E-state index contributed by atoms with van der Waals surface area (Å²) in [6, 6.07) is 0. The highest BCUT2D eigenvalue weighted by atomic mass is 16.2. The monoisotopic (exact) mass is 267 g/mol. The first-order chi connectivity index (χ1) is 8.91. The minimum absolute atomic E-state index is 0.0930. The van der Waals surface area contributed by atoms with Crippen LogP contribution >= 0.6 is 0 Å². The summed E-state index contributed by atoms with van der Waals surface area (Å²) in [6.45, 7) is 11.3. The fourth-order valence-corrected chi connectivity index (χ4v) is 3.37. The van der Waals surface area contributed by atoms with Gasteiger partial charge in [0.1, 0.15) is 0 Å². The molecule has 4 heteroatoms. The standard InChI is InChI=1S/C15H29N3O/c1-5-15(6-8-16-9-7-15)13(19)18-11-10-17(4)14(2,3)12-18/h16H,5-12H2,1-4H3. The third kappa shape index (κ3) is 2.79. The van der Waals surface area contributed by atoms with Gasteiger partial charge in [-0.15, -0.1) is 0 Å². The average Bonchev–Trinajstić information content (AvgIpc) is 2.41. The van der Waals surface area contributed by atoms with E-state index in [0.717, 1.165) is 52.0 Å². The second-order valence-corrected chi connectivity index (χ2v) is 6.84. The minimum Gasteiger partial charge on any atom is -0.339 e. The molecular weight excluding hydrogens is 238 g/mol. The number of piperidine rings is 1. The van der Waals surface area contributed by atoms with Crippen molar-refractivity contribution in [3.63, 3.8) is 0 Å². The zero-order valence-corrected chi connectivity index (χ0v) is 13.0. The van der Waals surface area contributed by atoms with Crippen LogP contribution in [0.25, 0.3) is 0 Å². The van der Waals surface area contributed by atoms with E-state index < -0.39 is 0 Å². The van der Waals surface area contributed by atoms with E-state index in [-0.39, 0.29) is 11.0 Å². The smallest absolute Gasteiger partial charge is 0.228 e. The van der Waals surface area contributed by atoms with E-state index in [1.165, 1.54) is 0 Å². The van der Waals surface area contributed by atoms with E-state index in [2.05, 4.69) is 42.9 Å². The molecular formula is C15H29N3O. The van der Waals surface area contributed by atoms with Gasteiger partial charge in [0.2, 0.25) is 5.91 Å². The molecule has 0 aromatic carbocycles. The van der Waals surface area contributed by atoms with Crippen LogP contribution in [-0.4, -0.2) is 61.0 Å². The van der Waals surface area contributed by atoms with Gasteiger partial charge in [0.05, 0.1) is 5.41 Å². The van der Waals surface area contributed by atoms with E-state index in [1.54, 1.807) is 0 Å². The molecule has 0 bridgehead atoms. The van der Waals surface area contributed by atoms with Gasteiger partial charge in [-0.3, -0.25) is 9.69 Å². The van der Waals surface area contributed by atoms with Crippen LogP contribution in [0.4, 0.5) is 0 Å². The van der Waals surface area contributed by atoms with Crippen molar-refractivity contribution in [2.75, 3.05) is 39.8 Å². The zero-order valence-electron chi connectivity index (χ0n) is 13.0. The maximum Gasteiger partial charge on any atom is 0.228 e. The van der Waals surface area contributed by atoms with E-state index in [0.29, 0.717) is 5.91 Å². The molecule has 2 aliphatic heterocycles. The zero-order chi connectivity index (χ0) is 14.1. The molecule has 0 atom stereocenters. The summed E-state index contributed by atoms with van der Waals surface area (Å²) in [4.78, 5) is 17.5. The van der Waals surface area contributed by atoms with Gasteiger partial charge in [-0.05, 0) is 53.2 Å². The molecule has 0 spiro atoms. The van der Waals surface area contributed by atoms with Crippen molar-refractivity contribution < 1.29 is 4.79 Å². The highest BCUT2D eigenvalue weighted by Crippen LogP contribution is 2.36. The topological polar surface area (TPSA) is 35.6 Å². The first kappa shape index (κ1) is 14.8. The van der Waals surface area contributed by atoms with Crippen LogP contribution in [0.1, 0.15) is 40.0 Å². The lowest BCUT2D eigenvalue weighted by Gasteiger charge is -2.48. The van der Waals surface area contributed by atoms with Crippen LogP contribution in [0.5, 0.6) is 0 Å². The second kappa shape index (κ2) is 5.41. The van der Waals surface area contributed by atoms with Gasteiger partial charge in [-0.1, -0.05) is 6.92 Å². The Labute approximate surface area is 117 Å². The van der Waals surface area contributed by atoms with Crippen LogP contribution in [0.15, 0.2) is 0 Å². The molecule has 1 amide bonds. The van der Waals surface area contributed by atoms with Gasteiger partial charge in [0.15, 0.2) is 0 Å². The summed E-state index contributed by atoms with van der Waals surface area (Å²) >= 11 is 0. The van der Waals surface area contributed by atoms with Gasteiger partial charge in [0.25, 0.3) is 0 Å². The summed E-state index contributed by atoms with van der Waals surface area (Å²) in [5.74, 6) is 0.401. The summed E-state index contributed by atoms with van der Waals surface area (Å²) in [6.07, 6.45) is 2.96. The molecule has 2 rings (SSSR count). The molecule has 2 saturated heterocycles. The molecule has 0 aromatic heterocycles. The van der Waals surface area contributed by atoms with Crippen molar-refractivity contribution in [1.29, 1.82) is 0 Å². The number of likely N-dealkylation sites (N-methyl/N-ethyl adjacent to an activating group) is 1. The molecule has 2 fully saturated rings. The number of carbonyl (C=O) groups is 1. The predicted molar refractivity (Wildman–Crippen MR) is 78.1 cm³/mol. The second-order valence-electron chi connectivity index (χ2n) is 6.84. The van der Waals surface area contributed by atoms with E-state index in [9.17, 15) is 4.79 Å². The van der Waals surface area contributed by atoms with Gasteiger partial charge < -0.3 is 10.2 Å². The first-order valence-electron chi connectivity index (χ1n) is 7.63. The Morgan fingerprint density at radius 2 is 1.84 bits per heavy atom. The van der Waals surface area contributed by atoms with Crippen molar-refractivity contribution in [2.45, 2.75) is 45.6 Å². The fraction of sp³-hybridized carbons (Fsp3) is 0.933. The third-order valence-electron chi connectivity index (χ3n) is 5.29. The number of nitrogens with zero attached hydrogens (tertiary/aromatic N) is 2. The normalized spacial score (nSPS) is 27.3. The Bertz CT molecular complexity index is 334. The van der Waals surface area contributed by atoms with Crippen molar-refractivity contribution in [2.24, 2.45) is 5.41 Å². The van der Waals surface area contributed by atoms with Gasteiger partial charge in [0, 0.05) is 25.2 Å². The average molecular weight is 267 g/mol. The molecule has 0 aliphatic carbocycles. The molecule has 1 N–H and O–H groups in total. The molecule has 0 unspecified atom stereocenters. The molecule has 19 heavy (non-hydrogen) atoms. The summed E-state index contributed by atoms with van der Waals surface area (Å²) in [5, 5.41) is 3.38. The number of carbonyl (C=O) groups excluding carboxylic acids is 1. The Hall–Kier alpha value is -0.610. The van der Waals surface area contributed by atoms with E-state index in [4.69, 9.17) is 0 Å². The molecule has 4 nitrogen and oxygen atoms in total. The number of nitrogens with one attached hydrogen (secondary N) is 1. The van der Waals surface area contributed by atoms with Crippen LogP contribution in [0.3, 0.4) is 0 Å². The van der Waals surface area contributed by atoms with Crippen molar-refractivity contribution in [3.8, 4) is 0 Å². The molecule has 2 heterocycles. The van der Waals surface area contributed by atoms with Crippen LogP contribution in [0.2, 0.25) is 0 Å². The number of amides is 1. The van der Waals surface area contributed by atoms with Gasteiger partial charge in [-0.25, -0.2) is 0 Å². The molecule has 0 radical (unpaired) electrons. The van der Waals surface area contributed by atoms with Crippen LogP contribution in [0, 0.1) is 5.41 Å². The van der Waals surface area contributed by atoms with Crippen molar-refractivity contribution in [3.05, 3.63) is 0 Å². The van der Waals surface area contributed by atoms with Crippen LogP contribution < -0.4 is 5.32 Å². The lowest BCUT2D eigenvalue weighted by atomic mass is 9.75. The van der Waals surface area contributed by atoms with Gasteiger partial charge in [-0.2, -0.15) is 0 Å². The van der Waals surface area contributed by atoms with E-state index in [1.807, 2.05) is 0 Å². The maximum atomic E-state index is 13.0. The van der Waals surface area contributed by atoms with E-state index >= 15 is 0 Å². The number of hydrogen-bond acceptors (Lipinski definition) is 3. The Balaban J connectivity index is 2.10. The fourth-order valence-electron chi connectivity index (χ4n) is 3.37. The number of piperazine rings is 1. The Kier molecular flexibility index (Phi) is 4.21. The maximum absolute atomic E-state index is 13.0. The number of rotatable bonds is 2. The predicted octanol–water partition coefficient (Wildman–Crippen LogP) is 1.32. The Morgan fingerprint density at radius 1 is 1.21 bits per heavy atom. The highest BCUT2D eigenvalue weighted by Gasteiger charge is 2.43. The summed E-state index contributed by atoms with van der Waals surface area (Å²) in [7, 11) is 2.15. The summed E-state index contributed by atoms with van der Waals surface area (Å²) in [5.41, 5.74) is -0.00694. The summed E-state index contributed by atoms with van der Waals surface area (Å²) < 4.78 is 0. The molecule has 0 saturated carbocycles. The molecule has 110 valence electrons. The van der Waals surface area contributed by atoms with Crippen molar-refractivity contribution >= 4 is 5.91 Å². The lowest BCUT2D eigenvalue weighted by molar-refractivity contribution is -0.148. The van der Waals surface area contributed by atoms with Crippen LogP contribution in [-0.2, 0) is 4.79 Å². The van der Waals surface area contributed by atoms with Crippen molar-refractivity contribution in [1.82, 2.24) is 15.1 Å². The SMILES string of the molecule is CCC1(C(=O)N2CCN(C)C(C)(C)C2)CCNCC1. The first-order valence-corrected chi connectivity index (χ1v) is 7.63. The quantitative estimate of drug-likeness (QED) is 0.819. The number of hydrogen-bond donors (Lipinski definition) is 1.